The van der Waals surface area contributed by atoms with E-state index < -0.39 is 0 Å². The summed E-state index contributed by atoms with van der Waals surface area (Å²) in [6.07, 6.45) is 8.69. The van der Waals surface area contributed by atoms with Gasteiger partial charge in [-0.3, -0.25) is 14.9 Å². The minimum absolute atomic E-state index is 0.180. The van der Waals surface area contributed by atoms with E-state index in [9.17, 15) is 0 Å². The Morgan fingerprint density at radius 1 is 1.15 bits per heavy atom. The maximum absolute atomic E-state index is 5.34. The minimum Gasteiger partial charge on any atom is -0.361 e. The molecule has 1 fully saturated rings. The number of aryl methyl sites for hydroxylation is 3. The van der Waals surface area contributed by atoms with Crippen molar-refractivity contribution in [3.05, 3.63) is 53.3 Å². The fourth-order valence-electron chi connectivity index (χ4n) is 3.81. The molecule has 0 spiro atoms. The van der Waals surface area contributed by atoms with Crippen LogP contribution in [0.5, 0.6) is 0 Å². The van der Waals surface area contributed by atoms with Crippen LogP contribution in [0.3, 0.4) is 0 Å². The van der Waals surface area contributed by atoms with Crippen LogP contribution in [0.2, 0.25) is 0 Å². The van der Waals surface area contributed by atoms with Gasteiger partial charge in [0, 0.05) is 30.8 Å². The van der Waals surface area contributed by atoms with Gasteiger partial charge in [-0.25, -0.2) is 9.97 Å². The van der Waals surface area contributed by atoms with Gasteiger partial charge in [0.05, 0.1) is 28.7 Å². The molecule has 0 aromatic carbocycles. The smallest absolute Gasteiger partial charge is 0.146 e. The maximum atomic E-state index is 5.34. The Bertz CT molecular complexity index is 904. The van der Waals surface area contributed by atoms with Crippen molar-refractivity contribution in [1.29, 1.82) is 0 Å². The predicted octanol–water partition coefficient (Wildman–Crippen LogP) is 3.57. The third-order valence-electron chi connectivity index (χ3n) is 5.05. The lowest BCUT2D eigenvalue weighted by Gasteiger charge is -2.34. The first-order chi connectivity index (χ1) is 13.1. The number of nitrogens with zero attached hydrogens (tertiary/aromatic N) is 6. The molecule has 0 unspecified atom stereocenters. The number of piperidine rings is 1. The Balaban J connectivity index is 1.68. The van der Waals surface area contributed by atoms with Gasteiger partial charge in [-0.2, -0.15) is 0 Å². The lowest BCUT2D eigenvalue weighted by molar-refractivity contribution is 0.132. The number of likely N-dealkylation sites (tertiary alicyclic amines) is 1. The summed E-state index contributed by atoms with van der Waals surface area (Å²) in [6.45, 7) is 7.66. The summed E-state index contributed by atoms with van der Waals surface area (Å²) in [4.78, 5) is 20.7. The van der Waals surface area contributed by atoms with E-state index in [0.717, 1.165) is 59.4 Å². The molecule has 7 heteroatoms. The summed E-state index contributed by atoms with van der Waals surface area (Å²) in [5, 5.41) is 4.07. The van der Waals surface area contributed by atoms with Crippen molar-refractivity contribution >= 4 is 0 Å². The molecule has 0 aliphatic carbocycles. The first-order valence-electron chi connectivity index (χ1n) is 9.39. The standard InChI is InChI=1S/C20H24N6O/c1-13-10-17(19-14(2)25-27-15(19)3)24-20(23-13)18-6-4-5-9-26(18)12-16-11-21-7-8-22-16/h7-8,10-11,18H,4-6,9,12H2,1-3H3/t18-/m1/s1. The van der Waals surface area contributed by atoms with E-state index in [1.54, 1.807) is 12.4 Å². The summed E-state index contributed by atoms with van der Waals surface area (Å²) in [5.74, 6) is 1.66. The SMILES string of the molecule is Cc1cc(-c2c(C)noc2C)nc([C@H]2CCCCN2Cc2cnccn2)n1. The fraction of sp³-hybridized carbons (Fsp3) is 0.450. The third kappa shape index (κ3) is 3.73. The van der Waals surface area contributed by atoms with Gasteiger partial charge in [-0.15, -0.1) is 0 Å². The Kier molecular flexibility index (Phi) is 4.94. The van der Waals surface area contributed by atoms with E-state index in [2.05, 4.69) is 20.0 Å². The van der Waals surface area contributed by atoms with Crippen molar-refractivity contribution < 1.29 is 4.52 Å². The van der Waals surface area contributed by atoms with Gasteiger partial charge in [-0.1, -0.05) is 11.6 Å². The number of aromatic nitrogens is 5. The van der Waals surface area contributed by atoms with Gasteiger partial charge in [0.15, 0.2) is 0 Å². The second-order valence-corrected chi connectivity index (χ2v) is 7.13. The Hall–Kier alpha value is -2.67. The summed E-state index contributed by atoms with van der Waals surface area (Å²) in [7, 11) is 0. The number of hydrogen-bond acceptors (Lipinski definition) is 7. The molecule has 0 radical (unpaired) electrons. The molecular formula is C20H24N6O. The van der Waals surface area contributed by atoms with Crippen LogP contribution >= 0.6 is 0 Å². The van der Waals surface area contributed by atoms with Gasteiger partial charge in [0.1, 0.15) is 11.6 Å². The van der Waals surface area contributed by atoms with Crippen LogP contribution in [-0.2, 0) is 6.54 Å². The van der Waals surface area contributed by atoms with Crippen molar-refractivity contribution in [1.82, 2.24) is 30.0 Å². The lowest BCUT2D eigenvalue weighted by atomic mass is 10.0. The highest BCUT2D eigenvalue weighted by atomic mass is 16.5. The van der Waals surface area contributed by atoms with E-state index in [-0.39, 0.29) is 6.04 Å². The molecule has 0 bridgehead atoms. The molecule has 1 atom stereocenters. The first-order valence-corrected chi connectivity index (χ1v) is 9.39. The van der Waals surface area contributed by atoms with E-state index in [1.165, 1.54) is 12.8 Å². The van der Waals surface area contributed by atoms with E-state index in [1.807, 2.05) is 33.0 Å². The molecule has 3 aromatic heterocycles. The molecule has 3 aromatic rings. The monoisotopic (exact) mass is 364 g/mol. The largest absolute Gasteiger partial charge is 0.361 e. The van der Waals surface area contributed by atoms with Crippen LogP contribution in [0, 0.1) is 20.8 Å². The second-order valence-electron chi connectivity index (χ2n) is 7.13. The molecule has 7 nitrogen and oxygen atoms in total. The molecule has 27 heavy (non-hydrogen) atoms. The molecule has 0 amide bonds. The Labute approximate surface area is 158 Å². The molecule has 140 valence electrons. The molecular weight excluding hydrogens is 340 g/mol. The zero-order valence-electron chi connectivity index (χ0n) is 16.0. The number of hydrogen-bond donors (Lipinski definition) is 0. The molecule has 1 aliphatic rings. The summed E-state index contributed by atoms with van der Waals surface area (Å²) < 4.78 is 5.34. The molecule has 4 rings (SSSR count). The molecule has 1 saturated heterocycles. The quantitative estimate of drug-likeness (QED) is 0.700. The van der Waals surface area contributed by atoms with Crippen molar-refractivity contribution in [2.45, 2.75) is 52.6 Å². The van der Waals surface area contributed by atoms with Crippen LogP contribution in [0.15, 0.2) is 29.2 Å². The fourth-order valence-corrected chi connectivity index (χ4v) is 3.81. The van der Waals surface area contributed by atoms with Gasteiger partial charge in [0.25, 0.3) is 0 Å². The average molecular weight is 364 g/mol. The normalized spacial score (nSPS) is 18.0. The highest BCUT2D eigenvalue weighted by Crippen LogP contribution is 2.32. The van der Waals surface area contributed by atoms with Gasteiger partial charge >= 0.3 is 0 Å². The summed E-state index contributed by atoms with van der Waals surface area (Å²) in [5.41, 5.74) is 4.65. The highest BCUT2D eigenvalue weighted by molar-refractivity contribution is 5.63. The van der Waals surface area contributed by atoms with Crippen LogP contribution in [0.4, 0.5) is 0 Å². The van der Waals surface area contributed by atoms with E-state index >= 15 is 0 Å². The van der Waals surface area contributed by atoms with Crippen molar-refractivity contribution in [3.63, 3.8) is 0 Å². The third-order valence-corrected chi connectivity index (χ3v) is 5.05. The molecule has 4 heterocycles. The van der Waals surface area contributed by atoms with E-state index in [4.69, 9.17) is 14.5 Å². The number of rotatable bonds is 4. The van der Waals surface area contributed by atoms with Crippen molar-refractivity contribution in [3.8, 4) is 11.3 Å². The lowest BCUT2D eigenvalue weighted by Crippen LogP contribution is -2.34. The van der Waals surface area contributed by atoms with Gasteiger partial charge in [0.2, 0.25) is 0 Å². The maximum Gasteiger partial charge on any atom is 0.146 e. The molecule has 1 aliphatic heterocycles. The average Bonchev–Trinajstić information content (AvgIpc) is 3.01. The van der Waals surface area contributed by atoms with Crippen molar-refractivity contribution in [2.75, 3.05) is 6.54 Å². The second kappa shape index (κ2) is 7.52. The molecule has 0 saturated carbocycles. The van der Waals surface area contributed by atoms with Gasteiger partial charge in [-0.05, 0) is 46.2 Å². The summed E-state index contributed by atoms with van der Waals surface area (Å²) >= 11 is 0. The minimum atomic E-state index is 0.180. The highest BCUT2D eigenvalue weighted by Gasteiger charge is 2.28. The van der Waals surface area contributed by atoms with Crippen LogP contribution < -0.4 is 0 Å². The predicted molar refractivity (Wildman–Crippen MR) is 101 cm³/mol. The Morgan fingerprint density at radius 2 is 2.04 bits per heavy atom. The van der Waals surface area contributed by atoms with Crippen LogP contribution in [0.1, 0.15) is 54.0 Å². The zero-order chi connectivity index (χ0) is 18.8. The first kappa shape index (κ1) is 17.7. The van der Waals surface area contributed by atoms with Crippen LogP contribution in [0.25, 0.3) is 11.3 Å². The topological polar surface area (TPSA) is 80.8 Å². The van der Waals surface area contributed by atoms with E-state index in [0.29, 0.717) is 0 Å². The summed E-state index contributed by atoms with van der Waals surface area (Å²) in [6, 6.07) is 2.19. The molecule has 0 N–H and O–H groups in total. The zero-order valence-corrected chi connectivity index (χ0v) is 16.0. The van der Waals surface area contributed by atoms with Crippen LogP contribution in [-0.4, -0.2) is 36.5 Å². The van der Waals surface area contributed by atoms with Crippen molar-refractivity contribution in [2.24, 2.45) is 0 Å². The Morgan fingerprint density at radius 3 is 2.78 bits per heavy atom. The van der Waals surface area contributed by atoms with Gasteiger partial charge < -0.3 is 4.52 Å².